The van der Waals surface area contributed by atoms with Crippen LogP contribution in [0.1, 0.15) is 0 Å². The molecule has 0 saturated heterocycles. The molecule has 0 fully saturated rings. The van der Waals surface area contributed by atoms with Crippen molar-refractivity contribution in [3.8, 4) is 56.3 Å². The second-order valence-corrected chi connectivity index (χ2v) is 12.0. The third-order valence-electron chi connectivity index (χ3n) is 9.50. The first kappa shape index (κ1) is 25.3. The van der Waals surface area contributed by atoms with Crippen molar-refractivity contribution >= 4 is 39.6 Å². The molecular weight excluding hydrogens is 561 g/mol. The first-order valence-electron chi connectivity index (χ1n) is 15.7. The van der Waals surface area contributed by atoms with Crippen molar-refractivity contribution in [2.75, 3.05) is 0 Å². The van der Waals surface area contributed by atoms with Gasteiger partial charge >= 0.3 is 6.92 Å². The molecule has 0 saturated carbocycles. The second-order valence-electron chi connectivity index (χ2n) is 12.0. The maximum Gasteiger partial charge on any atom is 0.434 e. The summed E-state index contributed by atoms with van der Waals surface area (Å²) in [5.74, 6) is 2.57. The molecule has 0 spiro atoms. The van der Waals surface area contributed by atoms with Crippen LogP contribution in [-0.2, 0) is 0 Å². The lowest BCUT2D eigenvalue weighted by atomic mass is 9.50. The fourth-order valence-electron chi connectivity index (χ4n) is 7.42. The van der Waals surface area contributed by atoms with Crippen LogP contribution >= 0.6 is 0 Å². The smallest absolute Gasteiger partial charge is 0.434 e. The van der Waals surface area contributed by atoms with Crippen LogP contribution in [0.3, 0.4) is 0 Å². The number of fused-ring (bicyclic) bond motifs is 7. The molecule has 0 atom stereocenters. The molecule has 4 heteroatoms. The molecule has 0 aliphatic carbocycles. The van der Waals surface area contributed by atoms with Crippen LogP contribution in [0.4, 0.5) is 0 Å². The molecule has 0 N–H and O–H groups in total. The van der Waals surface area contributed by atoms with Crippen molar-refractivity contribution in [2.45, 2.75) is 0 Å². The van der Waals surface area contributed by atoms with Gasteiger partial charge in [0.05, 0.1) is 16.7 Å². The molecule has 0 radical (unpaired) electrons. The second kappa shape index (κ2) is 9.75. The summed E-state index contributed by atoms with van der Waals surface area (Å²) in [6.45, 7) is -0.248. The van der Waals surface area contributed by atoms with Crippen LogP contribution in [0.25, 0.3) is 60.9 Å². The lowest BCUT2D eigenvalue weighted by molar-refractivity contribution is 0.479. The van der Waals surface area contributed by atoms with E-state index < -0.39 is 0 Å². The topological polar surface area (TPSA) is 23.4 Å². The number of nitrogens with zero attached hydrogens (tertiary/aromatic N) is 1. The largest absolute Gasteiger partial charge is 0.551 e. The highest BCUT2D eigenvalue weighted by Crippen LogP contribution is 2.43. The SMILES string of the molecule is c1ccc(-c2ccc3c(c2)B2Oc4ccc(-c5ccccc5-n5c6ccccc6c6ccccc65)cc4-c4cccc(c42)O3)cc1. The summed E-state index contributed by atoms with van der Waals surface area (Å²) in [6, 6.07) is 55.9. The van der Waals surface area contributed by atoms with Gasteiger partial charge < -0.3 is 14.0 Å². The van der Waals surface area contributed by atoms with Gasteiger partial charge in [-0.25, -0.2) is 0 Å². The molecular formula is C42H26BNO2. The van der Waals surface area contributed by atoms with E-state index in [0.717, 1.165) is 61.7 Å². The zero-order chi connectivity index (χ0) is 30.2. The van der Waals surface area contributed by atoms with E-state index in [1.54, 1.807) is 0 Å². The highest BCUT2D eigenvalue weighted by molar-refractivity contribution is 6.84. The van der Waals surface area contributed by atoms with Crippen LogP contribution in [-0.4, -0.2) is 11.5 Å². The quantitative estimate of drug-likeness (QED) is 0.192. The Labute approximate surface area is 267 Å². The first-order chi connectivity index (χ1) is 22.8. The summed E-state index contributed by atoms with van der Waals surface area (Å²) in [5, 5.41) is 2.51. The molecule has 3 heterocycles. The monoisotopic (exact) mass is 587 g/mol. The molecule has 0 amide bonds. The van der Waals surface area contributed by atoms with Gasteiger partial charge in [0.1, 0.15) is 17.2 Å². The summed E-state index contributed by atoms with van der Waals surface area (Å²) in [7, 11) is 0. The van der Waals surface area contributed by atoms with Crippen molar-refractivity contribution in [2.24, 2.45) is 0 Å². The van der Waals surface area contributed by atoms with Crippen molar-refractivity contribution in [1.82, 2.24) is 4.57 Å². The Morgan fingerprint density at radius 2 is 1.11 bits per heavy atom. The average Bonchev–Trinajstić information content (AvgIpc) is 3.46. The van der Waals surface area contributed by atoms with E-state index in [1.165, 1.54) is 27.4 Å². The molecule has 10 rings (SSSR count). The predicted molar refractivity (Wildman–Crippen MR) is 189 cm³/mol. The number of aromatic nitrogens is 1. The number of ether oxygens (including phenoxy) is 1. The third-order valence-corrected chi connectivity index (χ3v) is 9.50. The van der Waals surface area contributed by atoms with E-state index in [-0.39, 0.29) is 6.92 Å². The highest BCUT2D eigenvalue weighted by Gasteiger charge is 2.40. The van der Waals surface area contributed by atoms with Crippen molar-refractivity contribution in [3.05, 3.63) is 158 Å². The normalized spacial score (nSPS) is 12.7. The number of hydrogen-bond acceptors (Lipinski definition) is 2. The minimum Gasteiger partial charge on any atom is -0.551 e. The number of rotatable bonds is 3. The van der Waals surface area contributed by atoms with Gasteiger partial charge in [-0.3, -0.25) is 0 Å². The van der Waals surface area contributed by atoms with Gasteiger partial charge in [0.25, 0.3) is 0 Å². The maximum atomic E-state index is 6.88. The van der Waals surface area contributed by atoms with Crippen LogP contribution in [0.15, 0.2) is 158 Å². The summed E-state index contributed by atoms with van der Waals surface area (Å²) in [4.78, 5) is 0. The molecule has 8 aromatic rings. The molecule has 2 aliphatic heterocycles. The molecule has 1 aromatic heterocycles. The van der Waals surface area contributed by atoms with E-state index in [9.17, 15) is 0 Å². The van der Waals surface area contributed by atoms with E-state index in [1.807, 2.05) is 6.07 Å². The van der Waals surface area contributed by atoms with Crippen molar-refractivity contribution < 1.29 is 9.39 Å². The Bertz CT molecular complexity index is 2440. The van der Waals surface area contributed by atoms with Gasteiger partial charge in [0.15, 0.2) is 0 Å². The van der Waals surface area contributed by atoms with Crippen LogP contribution < -0.4 is 20.3 Å². The summed E-state index contributed by atoms with van der Waals surface area (Å²) >= 11 is 0. The molecule has 0 unspecified atom stereocenters. The minimum absolute atomic E-state index is 0.248. The molecule has 7 aromatic carbocycles. The molecule has 46 heavy (non-hydrogen) atoms. The zero-order valence-corrected chi connectivity index (χ0v) is 24.9. The Morgan fingerprint density at radius 3 is 1.93 bits per heavy atom. The minimum atomic E-state index is -0.248. The van der Waals surface area contributed by atoms with Gasteiger partial charge in [-0.05, 0) is 64.7 Å². The van der Waals surface area contributed by atoms with E-state index in [0.29, 0.717) is 0 Å². The fourth-order valence-corrected chi connectivity index (χ4v) is 7.42. The Kier molecular flexibility index (Phi) is 5.37. The zero-order valence-electron chi connectivity index (χ0n) is 24.9. The first-order valence-corrected chi connectivity index (χ1v) is 15.7. The van der Waals surface area contributed by atoms with E-state index in [2.05, 4.69) is 156 Å². The summed E-state index contributed by atoms with van der Waals surface area (Å²) < 4.78 is 15.8. The van der Waals surface area contributed by atoms with E-state index >= 15 is 0 Å². The predicted octanol–water partition coefficient (Wildman–Crippen LogP) is 9.39. The van der Waals surface area contributed by atoms with Crippen molar-refractivity contribution in [3.63, 3.8) is 0 Å². The van der Waals surface area contributed by atoms with Crippen molar-refractivity contribution in [1.29, 1.82) is 0 Å². The Hall–Kier alpha value is -6.00. The molecule has 3 nitrogen and oxygen atoms in total. The summed E-state index contributed by atoms with van der Waals surface area (Å²) in [5.41, 5.74) is 12.5. The molecule has 2 aliphatic rings. The molecule has 0 bridgehead atoms. The summed E-state index contributed by atoms with van der Waals surface area (Å²) in [6.07, 6.45) is 0. The van der Waals surface area contributed by atoms with Gasteiger partial charge in [-0.1, -0.05) is 115 Å². The standard InChI is InChI=1S/C42H26BNO2/c1-2-11-27(12-3-1)28-21-24-40-35(26-28)43-42-33(16-10-20-41(42)45-40)34-25-29(22-23-39(34)46-43)30-13-4-7-17-36(30)44-37-18-8-5-14-31(37)32-15-6-9-19-38(32)44/h1-26H. The average molecular weight is 587 g/mol. The third kappa shape index (κ3) is 3.67. The highest BCUT2D eigenvalue weighted by atomic mass is 16.5. The van der Waals surface area contributed by atoms with Gasteiger partial charge in [-0.2, -0.15) is 0 Å². The van der Waals surface area contributed by atoms with Crippen LogP contribution in [0.5, 0.6) is 17.2 Å². The van der Waals surface area contributed by atoms with Gasteiger partial charge in [0, 0.05) is 32.8 Å². The number of hydrogen-bond donors (Lipinski definition) is 0. The van der Waals surface area contributed by atoms with Crippen LogP contribution in [0.2, 0.25) is 0 Å². The van der Waals surface area contributed by atoms with E-state index in [4.69, 9.17) is 9.39 Å². The maximum absolute atomic E-state index is 6.88. The number of benzene rings is 7. The van der Waals surface area contributed by atoms with Gasteiger partial charge in [0.2, 0.25) is 0 Å². The lowest BCUT2D eigenvalue weighted by Gasteiger charge is -2.33. The number of para-hydroxylation sites is 3. The van der Waals surface area contributed by atoms with Crippen LogP contribution in [0, 0.1) is 0 Å². The Balaban J connectivity index is 1.13. The van der Waals surface area contributed by atoms with Gasteiger partial charge in [-0.15, -0.1) is 0 Å². The fraction of sp³-hybridized carbons (Fsp3) is 0. The molecule has 214 valence electrons. The Morgan fingerprint density at radius 1 is 0.435 bits per heavy atom. The lowest BCUT2D eigenvalue weighted by Crippen LogP contribution is -2.53.